The van der Waals surface area contributed by atoms with E-state index in [0.29, 0.717) is 23.9 Å². The van der Waals surface area contributed by atoms with Crippen LogP contribution in [0.1, 0.15) is 32.1 Å². The fourth-order valence-corrected chi connectivity index (χ4v) is 4.09. The van der Waals surface area contributed by atoms with Crippen molar-refractivity contribution in [2.45, 2.75) is 32.1 Å². The fourth-order valence-electron chi connectivity index (χ4n) is 4.09. The summed E-state index contributed by atoms with van der Waals surface area (Å²) >= 11 is 0. The second-order valence-electron chi connectivity index (χ2n) is 7.29. The monoisotopic (exact) mass is 330 g/mol. The molecule has 1 amide bonds. The van der Waals surface area contributed by atoms with E-state index in [1.807, 2.05) is 43.3 Å². The molecule has 5 heteroatoms. The quantitative estimate of drug-likeness (QED) is 0.815. The lowest BCUT2D eigenvalue weighted by molar-refractivity contribution is -0.148. The minimum Gasteiger partial charge on any atom is -0.456 e. The maximum Gasteiger partial charge on any atom is 0.306 e. The van der Waals surface area contributed by atoms with Crippen molar-refractivity contribution < 1.29 is 14.3 Å². The molecule has 5 nitrogen and oxygen atoms in total. The zero-order valence-corrected chi connectivity index (χ0v) is 14.5. The van der Waals surface area contributed by atoms with E-state index in [9.17, 15) is 9.59 Å². The van der Waals surface area contributed by atoms with Crippen LogP contribution in [-0.2, 0) is 14.3 Å². The summed E-state index contributed by atoms with van der Waals surface area (Å²) < 4.78 is 5.15. The minimum atomic E-state index is -0.297. The largest absolute Gasteiger partial charge is 0.456 e. The first-order valence-corrected chi connectivity index (χ1v) is 8.74. The van der Waals surface area contributed by atoms with Gasteiger partial charge in [0.1, 0.15) is 0 Å². The van der Waals surface area contributed by atoms with Crippen molar-refractivity contribution in [1.82, 2.24) is 0 Å². The highest BCUT2D eigenvalue weighted by Gasteiger charge is 2.40. The van der Waals surface area contributed by atoms with Gasteiger partial charge in [0.25, 0.3) is 5.91 Å². The molecule has 1 aromatic carbocycles. The molecular formula is C19H26N2O3. The summed E-state index contributed by atoms with van der Waals surface area (Å²) in [5.41, 5.74) is 1.76. The van der Waals surface area contributed by atoms with Gasteiger partial charge < -0.3 is 15.0 Å². The van der Waals surface area contributed by atoms with Gasteiger partial charge in [-0.2, -0.15) is 0 Å². The van der Waals surface area contributed by atoms with E-state index in [0.717, 1.165) is 18.0 Å². The molecule has 2 aliphatic carbocycles. The normalized spacial score (nSPS) is 24.7. The third-order valence-electron chi connectivity index (χ3n) is 5.35. The molecule has 3 atom stereocenters. The van der Waals surface area contributed by atoms with Crippen molar-refractivity contribution in [1.29, 1.82) is 0 Å². The predicted octanol–water partition coefficient (Wildman–Crippen LogP) is 3.06. The summed E-state index contributed by atoms with van der Waals surface area (Å²) in [6.45, 7) is -0.213. The lowest BCUT2D eigenvalue weighted by atomic mass is 9.86. The van der Waals surface area contributed by atoms with E-state index in [1.165, 1.54) is 19.3 Å². The highest BCUT2D eigenvalue weighted by Crippen LogP contribution is 2.49. The van der Waals surface area contributed by atoms with Crippen LogP contribution in [-0.4, -0.2) is 32.6 Å². The smallest absolute Gasteiger partial charge is 0.306 e. The third kappa shape index (κ3) is 4.08. The highest BCUT2D eigenvalue weighted by molar-refractivity contribution is 5.92. The Morgan fingerprint density at radius 2 is 1.92 bits per heavy atom. The van der Waals surface area contributed by atoms with E-state index >= 15 is 0 Å². The predicted molar refractivity (Wildman–Crippen MR) is 93.9 cm³/mol. The molecule has 0 saturated heterocycles. The highest BCUT2D eigenvalue weighted by atomic mass is 16.5. The fraction of sp³-hybridized carbons (Fsp3) is 0.579. The Morgan fingerprint density at radius 1 is 1.17 bits per heavy atom. The number of rotatable bonds is 6. The molecule has 2 aliphatic rings. The Kier molecular flexibility index (Phi) is 5.07. The van der Waals surface area contributed by atoms with Crippen LogP contribution in [0.2, 0.25) is 0 Å². The Balaban J connectivity index is 1.39. The number of esters is 1. The van der Waals surface area contributed by atoms with E-state index in [2.05, 4.69) is 5.32 Å². The second kappa shape index (κ2) is 7.24. The summed E-state index contributed by atoms with van der Waals surface area (Å²) in [4.78, 5) is 25.8. The maximum atomic E-state index is 11.9. The number of hydrogen-bond acceptors (Lipinski definition) is 4. The summed E-state index contributed by atoms with van der Waals surface area (Å²) in [5.74, 6) is 1.45. The Hall–Kier alpha value is -2.04. The van der Waals surface area contributed by atoms with Gasteiger partial charge in [-0.1, -0.05) is 6.42 Å². The Morgan fingerprint density at radius 3 is 2.50 bits per heavy atom. The number of amides is 1. The van der Waals surface area contributed by atoms with Gasteiger partial charge >= 0.3 is 5.97 Å². The standard InChI is InChI=1S/C19H26N2O3/c1-21(2)17-7-5-16(6-8-17)20-18(22)12-24-19(23)11-15-10-13-3-4-14(15)9-13/h5-8,13-15H,3-4,9-12H2,1-2H3,(H,20,22)/t13-,14+,15-/m0/s1. The van der Waals surface area contributed by atoms with E-state index in [4.69, 9.17) is 4.74 Å². The first-order valence-electron chi connectivity index (χ1n) is 8.74. The van der Waals surface area contributed by atoms with Crippen molar-refractivity contribution in [2.75, 3.05) is 30.9 Å². The van der Waals surface area contributed by atoms with Crippen LogP contribution in [0.3, 0.4) is 0 Å². The molecule has 0 radical (unpaired) electrons. The first kappa shape index (κ1) is 16.8. The van der Waals surface area contributed by atoms with Crippen molar-refractivity contribution in [3.63, 3.8) is 0 Å². The number of fused-ring (bicyclic) bond motifs is 2. The molecule has 0 aromatic heterocycles. The first-order chi connectivity index (χ1) is 11.5. The van der Waals surface area contributed by atoms with Gasteiger partial charge in [-0.15, -0.1) is 0 Å². The summed E-state index contributed by atoms with van der Waals surface area (Å²) in [6.07, 6.45) is 5.48. The topological polar surface area (TPSA) is 58.6 Å². The van der Waals surface area contributed by atoms with Crippen molar-refractivity contribution in [3.8, 4) is 0 Å². The summed E-state index contributed by atoms with van der Waals surface area (Å²) in [7, 11) is 3.92. The molecule has 0 unspecified atom stereocenters. The van der Waals surface area contributed by atoms with Gasteiger partial charge in [0, 0.05) is 31.9 Å². The van der Waals surface area contributed by atoms with Crippen LogP contribution >= 0.6 is 0 Å². The van der Waals surface area contributed by atoms with Crippen LogP contribution in [0, 0.1) is 17.8 Å². The Bertz CT molecular complexity index is 597. The summed E-state index contributed by atoms with van der Waals surface area (Å²) in [6, 6.07) is 7.53. The number of benzene rings is 1. The molecule has 2 fully saturated rings. The molecule has 1 N–H and O–H groups in total. The number of carbonyl (C=O) groups is 2. The number of hydrogen-bond donors (Lipinski definition) is 1. The maximum absolute atomic E-state index is 11.9. The van der Waals surface area contributed by atoms with Gasteiger partial charge in [0.2, 0.25) is 0 Å². The molecular weight excluding hydrogens is 304 g/mol. The molecule has 24 heavy (non-hydrogen) atoms. The second-order valence-corrected chi connectivity index (χ2v) is 7.29. The lowest BCUT2D eigenvalue weighted by Gasteiger charge is -2.20. The SMILES string of the molecule is CN(C)c1ccc(NC(=O)COC(=O)C[C@@H]2C[C@H]3CC[C@@H]2C3)cc1. The molecule has 2 saturated carbocycles. The van der Waals surface area contributed by atoms with Crippen molar-refractivity contribution in [3.05, 3.63) is 24.3 Å². The molecule has 2 bridgehead atoms. The van der Waals surface area contributed by atoms with Gasteiger partial charge in [-0.3, -0.25) is 9.59 Å². The molecule has 0 heterocycles. The van der Waals surface area contributed by atoms with Crippen LogP contribution in [0.5, 0.6) is 0 Å². The molecule has 0 spiro atoms. The van der Waals surface area contributed by atoms with Gasteiger partial charge in [0.05, 0.1) is 0 Å². The van der Waals surface area contributed by atoms with E-state index in [1.54, 1.807) is 0 Å². The number of nitrogens with one attached hydrogen (secondary N) is 1. The van der Waals surface area contributed by atoms with Gasteiger partial charge in [-0.05, 0) is 61.3 Å². The van der Waals surface area contributed by atoms with E-state index in [-0.39, 0.29) is 18.5 Å². The molecule has 0 aliphatic heterocycles. The zero-order valence-electron chi connectivity index (χ0n) is 14.5. The average molecular weight is 330 g/mol. The average Bonchev–Trinajstić information content (AvgIpc) is 3.16. The van der Waals surface area contributed by atoms with Crippen molar-refractivity contribution >= 4 is 23.3 Å². The lowest BCUT2D eigenvalue weighted by Crippen LogP contribution is -2.23. The number of anilines is 2. The number of nitrogens with zero attached hydrogens (tertiary/aromatic N) is 1. The van der Waals surface area contributed by atoms with E-state index < -0.39 is 0 Å². The van der Waals surface area contributed by atoms with Crippen molar-refractivity contribution in [2.24, 2.45) is 17.8 Å². The Labute approximate surface area is 143 Å². The van der Waals surface area contributed by atoms with Gasteiger partial charge in [-0.25, -0.2) is 0 Å². The molecule has 1 aromatic rings. The van der Waals surface area contributed by atoms with Crippen LogP contribution in [0.4, 0.5) is 11.4 Å². The zero-order chi connectivity index (χ0) is 17.1. The van der Waals surface area contributed by atoms with Gasteiger partial charge in [0.15, 0.2) is 6.61 Å². The summed E-state index contributed by atoms with van der Waals surface area (Å²) in [5, 5.41) is 2.75. The number of ether oxygens (including phenoxy) is 1. The van der Waals surface area contributed by atoms with Crippen LogP contribution < -0.4 is 10.2 Å². The third-order valence-corrected chi connectivity index (χ3v) is 5.35. The molecule has 130 valence electrons. The number of carbonyl (C=O) groups excluding carboxylic acids is 2. The van der Waals surface area contributed by atoms with Crippen LogP contribution in [0.25, 0.3) is 0 Å². The molecule has 3 rings (SSSR count). The van der Waals surface area contributed by atoms with Crippen LogP contribution in [0.15, 0.2) is 24.3 Å². The minimum absolute atomic E-state index is 0.213.